The number of hydrogen-bond donors (Lipinski definition) is 1. The molecule has 82 valence electrons. The Labute approximate surface area is 76.1 Å². The van der Waals surface area contributed by atoms with E-state index in [0.29, 0.717) is 19.5 Å². The summed E-state index contributed by atoms with van der Waals surface area (Å²) in [5.41, 5.74) is 0. The number of rotatable bonds is 1. The van der Waals surface area contributed by atoms with Crippen LogP contribution in [0.5, 0.6) is 0 Å². The van der Waals surface area contributed by atoms with Gasteiger partial charge < -0.3 is 10.0 Å². The van der Waals surface area contributed by atoms with Gasteiger partial charge in [-0.3, -0.25) is 4.79 Å². The first-order valence-electron chi connectivity index (χ1n) is 3.41. The van der Waals surface area contributed by atoms with Crippen LogP contribution in [-0.4, -0.2) is 47.8 Å². The summed E-state index contributed by atoms with van der Waals surface area (Å²) in [6.07, 6.45) is -5.18. The highest BCUT2D eigenvalue weighted by Crippen LogP contribution is 2.13. The Morgan fingerprint density at radius 3 is 1.86 bits per heavy atom. The predicted molar refractivity (Wildman–Crippen MR) is 36.2 cm³/mol. The number of alkyl halides is 4. The molecular formula is C6H7F4NO3. The highest BCUT2D eigenvalue weighted by atomic mass is 19.4. The molecule has 0 aromatic heterocycles. The van der Waals surface area contributed by atoms with E-state index in [2.05, 4.69) is 0 Å². The van der Waals surface area contributed by atoms with Gasteiger partial charge in [-0.15, -0.1) is 0 Å². The number of aliphatic carboxylic acids is 1. The fourth-order valence-electron chi connectivity index (χ4n) is 0.542. The van der Waals surface area contributed by atoms with Gasteiger partial charge in [-0.25, -0.2) is 9.18 Å². The number of hydrogen-bond acceptors (Lipinski definition) is 2. The minimum Gasteiger partial charge on any atom is -0.475 e. The van der Waals surface area contributed by atoms with Crippen LogP contribution in [0.1, 0.15) is 0 Å². The van der Waals surface area contributed by atoms with Gasteiger partial charge in [0.25, 0.3) is 0 Å². The molecular weight excluding hydrogens is 210 g/mol. The van der Waals surface area contributed by atoms with Gasteiger partial charge in [0.15, 0.2) is 0 Å². The number of carbonyl (C=O) groups is 2. The van der Waals surface area contributed by atoms with Crippen LogP contribution in [0.25, 0.3) is 0 Å². The molecule has 1 aliphatic heterocycles. The highest BCUT2D eigenvalue weighted by molar-refractivity contribution is 5.73. The Kier molecular flexibility index (Phi) is 4.32. The van der Waals surface area contributed by atoms with Crippen molar-refractivity contribution >= 4 is 12.4 Å². The van der Waals surface area contributed by atoms with Crippen LogP contribution in [-0.2, 0) is 9.59 Å². The average molecular weight is 217 g/mol. The molecule has 1 N–H and O–H groups in total. The molecule has 1 rings (SSSR count). The van der Waals surface area contributed by atoms with Gasteiger partial charge >= 0.3 is 12.1 Å². The van der Waals surface area contributed by atoms with Crippen LogP contribution < -0.4 is 0 Å². The number of likely N-dealkylation sites (tertiary alicyclic amines) is 1. The first-order chi connectivity index (χ1) is 6.27. The summed E-state index contributed by atoms with van der Waals surface area (Å²) in [6, 6.07) is 0. The first kappa shape index (κ1) is 12.7. The Morgan fingerprint density at radius 2 is 1.79 bits per heavy atom. The minimum absolute atomic E-state index is 0.295. The lowest BCUT2D eigenvalue weighted by Gasteiger charge is -2.29. The van der Waals surface area contributed by atoms with Gasteiger partial charge in [-0.05, 0) is 0 Å². The molecule has 14 heavy (non-hydrogen) atoms. The maximum absolute atomic E-state index is 11.8. The van der Waals surface area contributed by atoms with E-state index in [9.17, 15) is 22.4 Å². The predicted octanol–water partition coefficient (Wildman–Crippen LogP) is 0.430. The molecule has 4 nitrogen and oxygen atoms in total. The summed E-state index contributed by atoms with van der Waals surface area (Å²) >= 11 is 0. The largest absolute Gasteiger partial charge is 0.490 e. The second-order valence-corrected chi connectivity index (χ2v) is 2.46. The van der Waals surface area contributed by atoms with E-state index in [1.807, 2.05) is 0 Å². The Morgan fingerprint density at radius 1 is 1.43 bits per heavy atom. The number of carboxylic acids is 1. The standard InChI is InChI=1S/C4H6FNO.C2HF3O2/c5-4-1-6(2-4)3-7;3-2(4,5)1(6)7/h3-4H,1-2H2;(H,6,7). The number of nitrogens with zero attached hydrogens (tertiary/aromatic N) is 1. The lowest BCUT2D eigenvalue weighted by Crippen LogP contribution is -2.47. The summed E-state index contributed by atoms with van der Waals surface area (Å²) in [4.78, 5) is 20.0. The number of carboxylic acid groups (broad SMARTS) is 1. The van der Waals surface area contributed by atoms with Gasteiger partial charge in [0.1, 0.15) is 6.17 Å². The fourth-order valence-corrected chi connectivity index (χ4v) is 0.542. The van der Waals surface area contributed by atoms with Crippen molar-refractivity contribution in [1.29, 1.82) is 0 Å². The van der Waals surface area contributed by atoms with E-state index < -0.39 is 18.3 Å². The van der Waals surface area contributed by atoms with Crippen LogP contribution >= 0.6 is 0 Å². The zero-order chi connectivity index (χ0) is 11.4. The summed E-state index contributed by atoms with van der Waals surface area (Å²) in [5.74, 6) is -2.76. The smallest absolute Gasteiger partial charge is 0.475 e. The molecule has 1 aliphatic rings. The van der Waals surface area contributed by atoms with Crippen LogP contribution in [0.4, 0.5) is 17.6 Å². The maximum Gasteiger partial charge on any atom is 0.490 e. The normalized spacial score (nSPS) is 16.4. The van der Waals surface area contributed by atoms with Crippen molar-refractivity contribution in [1.82, 2.24) is 4.90 Å². The van der Waals surface area contributed by atoms with Crippen molar-refractivity contribution in [2.75, 3.05) is 13.1 Å². The molecule has 0 atom stereocenters. The molecule has 0 spiro atoms. The molecule has 0 aromatic carbocycles. The van der Waals surface area contributed by atoms with Crippen LogP contribution in [0, 0.1) is 0 Å². The molecule has 1 amide bonds. The molecule has 8 heteroatoms. The highest BCUT2D eigenvalue weighted by Gasteiger charge is 2.38. The molecule has 0 unspecified atom stereocenters. The van der Waals surface area contributed by atoms with Crippen molar-refractivity contribution in [2.24, 2.45) is 0 Å². The lowest BCUT2D eigenvalue weighted by molar-refractivity contribution is -0.192. The van der Waals surface area contributed by atoms with Crippen LogP contribution in [0.3, 0.4) is 0 Å². The molecule has 1 heterocycles. The van der Waals surface area contributed by atoms with Crippen LogP contribution in [0.15, 0.2) is 0 Å². The monoisotopic (exact) mass is 217 g/mol. The summed E-state index contributed by atoms with van der Waals surface area (Å²) in [6.45, 7) is 0.590. The Hall–Kier alpha value is -1.34. The third kappa shape index (κ3) is 4.63. The van der Waals surface area contributed by atoms with E-state index in [1.54, 1.807) is 0 Å². The summed E-state index contributed by atoms with van der Waals surface area (Å²) in [7, 11) is 0. The van der Waals surface area contributed by atoms with Crippen molar-refractivity contribution < 1.29 is 32.3 Å². The molecule has 0 bridgehead atoms. The Balaban J connectivity index is 0.000000241. The third-order valence-corrected chi connectivity index (χ3v) is 1.26. The minimum atomic E-state index is -5.08. The van der Waals surface area contributed by atoms with E-state index in [4.69, 9.17) is 9.90 Å². The quantitative estimate of drug-likeness (QED) is 0.511. The van der Waals surface area contributed by atoms with Gasteiger partial charge in [-0.1, -0.05) is 0 Å². The second kappa shape index (κ2) is 4.77. The summed E-state index contributed by atoms with van der Waals surface area (Å²) < 4.78 is 43.5. The molecule has 1 fully saturated rings. The molecule has 0 aromatic rings. The second-order valence-electron chi connectivity index (χ2n) is 2.46. The van der Waals surface area contributed by atoms with Crippen molar-refractivity contribution in [3.63, 3.8) is 0 Å². The topological polar surface area (TPSA) is 57.6 Å². The number of carbonyl (C=O) groups excluding carboxylic acids is 1. The molecule has 1 saturated heterocycles. The Bertz CT molecular complexity index is 212. The summed E-state index contributed by atoms with van der Waals surface area (Å²) in [5, 5.41) is 7.12. The van der Waals surface area contributed by atoms with E-state index in [1.165, 1.54) is 4.90 Å². The number of halogens is 4. The average Bonchev–Trinajstić information content (AvgIpc) is 1.98. The molecule has 0 saturated carbocycles. The van der Waals surface area contributed by atoms with E-state index >= 15 is 0 Å². The maximum atomic E-state index is 11.8. The van der Waals surface area contributed by atoms with Crippen molar-refractivity contribution in [2.45, 2.75) is 12.3 Å². The van der Waals surface area contributed by atoms with Crippen molar-refractivity contribution in [3.05, 3.63) is 0 Å². The number of amides is 1. The van der Waals surface area contributed by atoms with E-state index in [0.717, 1.165) is 0 Å². The van der Waals surface area contributed by atoms with Gasteiger partial charge in [0.2, 0.25) is 6.41 Å². The fraction of sp³-hybridized carbons (Fsp3) is 0.667. The van der Waals surface area contributed by atoms with Crippen LogP contribution in [0.2, 0.25) is 0 Å². The molecule has 0 radical (unpaired) electrons. The van der Waals surface area contributed by atoms with Gasteiger partial charge in [-0.2, -0.15) is 13.2 Å². The lowest BCUT2D eigenvalue weighted by atomic mass is 10.2. The first-order valence-corrected chi connectivity index (χ1v) is 3.41. The third-order valence-electron chi connectivity index (χ3n) is 1.26. The zero-order valence-corrected chi connectivity index (χ0v) is 6.79. The van der Waals surface area contributed by atoms with E-state index in [-0.39, 0.29) is 0 Å². The SMILES string of the molecule is O=C(O)C(F)(F)F.O=CN1CC(F)C1. The zero-order valence-electron chi connectivity index (χ0n) is 6.79. The van der Waals surface area contributed by atoms with Gasteiger partial charge in [0, 0.05) is 0 Å². The van der Waals surface area contributed by atoms with Crippen molar-refractivity contribution in [3.8, 4) is 0 Å². The molecule has 0 aliphatic carbocycles. The van der Waals surface area contributed by atoms with Gasteiger partial charge in [0.05, 0.1) is 13.1 Å².